The van der Waals surface area contributed by atoms with Gasteiger partial charge in [0, 0.05) is 24.2 Å². The highest BCUT2D eigenvalue weighted by Crippen LogP contribution is 2.23. The Kier molecular flexibility index (Phi) is 4.47. The second-order valence-electron chi connectivity index (χ2n) is 4.55. The lowest BCUT2D eigenvalue weighted by atomic mass is 10.1. The van der Waals surface area contributed by atoms with Crippen molar-refractivity contribution in [1.29, 1.82) is 0 Å². The normalized spacial score (nSPS) is 11.9. The molecular formula is C14H18N2O2S2. The van der Waals surface area contributed by atoms with Gasteiger partial charge in [0.1, 0.15) is 0 Å². The van der Waals surface area contributed by atoms with Crippen LogP contribution >= 0.6 is 11.3 Å². The molecule has 0 amide bonds. The summed E-state index contributed by atoms with van der Waals surface area (Å²) in [6, 6.07) is 8.77. The molecule has 0 unspecified atom stereocenters. The summed E-state index contributed by atoms with van der Waals surface area (Å²) in [7, 11) is -1.92. The van der Waals surface area contributed by atoms with E-state index in [0.717, 1.165) is 16.9 Å². The molecule has 4 nitrogen and oxygen atoms in total. The third-order valence-electron chi connectivity index (χ3n) is 3.17. The van der Waals surface area contributed by atoms with Crippen molar-refractivity contribution in [2.75, 3.05) is 12.8 Å². The van der Waals surface area contributed by atoms with Gasteiger partial charge in [-0.15, -0.1) is 11.3 Å². The Morgan fingerprint density at radius 2 is 2.05 bits per heavy atom. The third kappa shape index (κ3) is 3.03. The Morgan fingerprint density at radius 1 is 1.30 bits per heavy atom. The highest BCUT2D eigenvalue weighted by Gasteiger charge is 2.21. The molecule has 2 rings (SSSR count). The van der Waals surface area contributed by atoms with E-state index in [9.17, 15) is 8.42 Å². The summed E-state index contributed by atoms with van der Waals surface area (Å²) in [6.45, 7) is 2.36. The maximum atomic E-state index is 12.5. The van der Waals surface area contributed by atoms with E-state index in [-0.39, 0.29) is 4.90 Å². The van der Waals surface area contributed by atoms with Gasteiger partial charge in [-0.1, -0.05) is 19.1 Å². The number of aryl methyl sites for hydroxylation is 1. The summed E-state index contributed by atoms with van der Waals surface area (Å²) in [6.07, 6.45) is 0.789. The molecular weight excluding hydrogens is 292 g/mol. The maximum absolute atomic E-state index is 12.5. The zero-order chi connectivity index (χ0) is 14.8. The van der Waals surface area contributed by atoms with E-state index < -0.39 is 10.0 Å². The topological polar surface area (TPSA) is 63.4 Å². The summed E-state index contributed by atoms with van der Waals surface area (Å²) in [4.78, 5) is 1.25. The monoisotopic (exact) mass is 310 g/mol. The lowest BCUT2D eigenvalue weighted by Gasteiger charge is -2.17. The van der Waals surface area contributed by atoms with E-state index in [1.54, 1.807) is 36.6 Å². The van der Waals surface area contributed by atoms with Crippen molar-refractivity contribution in [3.8, 4) is 0 Å². The molecule has 2 N–H and O–H groups in total. The molecule has 0 fully saturated rings. The molecule has 0 saturated heterocycles. The fourth-order valence-corrected chi connectivity index (χ4v) is 3.97. The molecule has 108 valence electrons. The van der Waals surface area contributed by atoms with Gasteiger partial charge in [0.2, 0.25) is 10.0 Å². The Morgan fingerprint density at radius 3 is 2.60 bits per heavy atom. The lowest BCUT2D eigenvalue weighted by Crippen LogP contribution is -2.26. The number of hydrogen-bond acceptors (Lipinski definition) is 4. The molecule has 2 aromatic rings. The van der Waals surface area contributed by atoms with E-state index in [2.05, 4.69) is 0 Å². The molecule has 6 heteroatoms. The minimum atomic E-state index is -3.50. The number of nitrogen functional groups attached to an aromatic ring is 1. The Labute approximate surface area is 123 Å². The summed E-state index contributed by atoms with van der Waals surface area (Å²) in [5.74, 6) is 0. The number of rotatable bonds is 5. The molecule has 0 aliphatic heterocycles. The number of benzene rings is 1. The van der Waals surface area contributed by atoms with Crippen molar-refractivity contribution in [3.63, 3.8) is 0 Å². The first-order valence-corrected chi connectivity index (χ1v) is 8.64. The molecule has 0 bridgehead atoms. The van der Waals surface area contributed by atoms with Crippen LogP contribution in [0, 0.1) is 0 Å². The van der Waals surface area contributed by atoms with Crippen molar-refractivity contribution in [3.05, 3.63) is 46.2 Å². The fraction of sp³-hybridized carbons (Fsp3) is 0.286. The fourth-order valence-electron chi connectivity index (χ4n) is 1.94. The molecule has 0 radical (unpaired) electrons. The molecule has 0 saturated carbocycles. The second-order valence-corrected chi connectivity index (χ2v) is 7.63. The SMILES string of the molecule is CCc1ccc(S(=O)(=O)N(C)Cc2cccs2)cc1N. The molecule has 1 heterocycles. The first kappa shape index (κ1) is 15.0. The average molecular weight is 310 g/mol. The van der Waals surface area contributed by atoms with Crippen LogP contribution in [0.4, 0.5) is 5.69 Å². The van der Waals surface area contributed by atoms with Gasteiger partial charge in [0.25, 0.3) is 0 Å². The minimum absolute atomic E-state index is 0.242. The Hall–Kier alpha value is -1.37. The Bertz CT molecular complexity index is 679. The molecule has 0 aliphatic carbocycles. The van der Waals surface area contributed by atoms with E-state index in [1.807, 2.05) is 24.4 Å². The van der Waals surface area contributed by atoms with Crippen molar-refractivity contribution in [1.82, 2.24) is 4.31 Å². The summed E-state index contributed by atoms with van der Waals surface area (Å²) >= 11 is 1.54. The predicted octanol–water partition coefficient (Wildman–Crippen LogP) is 2.71. The number of sulfonamides is 1. The second kappa shape index (κ2) is 5.95. The maximum Gasteiger partial charge on any atom is 0.243 e. The van der Waals surface area contributed by atoms with Gasteiger partial charge in [0.15, 0.2) is 0 Å². The molecule has 0 spiro atoms. The summed E-state index contributed by atoms with van der Waals surface area (Å²) < 4.78 is 26.3. The van der Waals surface area contributed by atoms with Crippen LogP contribution in [-0.2, 0) is 23.0 Å². The molecule has 0 aliphatic rings. The number of anilines is 1. The Balaban J connectivity index is 2.27. The van der Waals surface area contributed by atoms with Crippen LogP contribution in [-0.4, -0.2) is 19.8 Å². The number of nitrogens with zero attached hydrogens (tertiary/aromatic N) is 1. The van der Waals surface area contributed by atoms with E-state index in [4.69, 9.17) is 5.73 Å². The highest BCUT2D eigenvalue weighted by atomic mass is 32.2. The highest BCUT2D eigenvalue weighted by molar-refractivity contribution is 7.89. The van der Waals surface area contributed by atoms with Crippen LogP contribution < -0.4 is 5.73 Å². The van der Waals surface area contributed by atoms with Gasteiger partial charge in [0.05, 0.1) is 4.90 Å². The smallest absolute Gasteiger partial charge is 0.243 e. The van der Waals surface area contributed by atoms with Gasteiger partial charge < -0.3 is 5.73 Å². The van der Waals surface area contributed by atoms with Crippen molar-refractivity contribution in [2.24, 2.45) is 0 Å². The van der Waals surface area contributed by atoms with Crippen LogP contribution in [0.2, 0.25) is 0 Å². The van der Waals surface area contributed by atoms with Gasteiger partial charge in [-0.25, -0.2) is 8.42 Å². The summed E-state index contributed by atoms with van der Waals surface area (Å²) in [5.41, 5.74) is 7.37. The van der Waals surface area contributed by atoms with Crippen LogP contribution in [0.25, 0.3) is 0 Å². The number of thiophene rings is 1. The van der Waals surface area contributed by atoms with Crippen LogP contribution in [0.1, 0.15) is 17.4 Å². The van der Waals surface area contributed by atoms with E-state index in [1.165, 1.54) is 4.31 Å². The number of nitrogens with two attached hydrogens (primary N) is 1. The zero-order valence-corrected chi connectivity index (χ0v) is 13.2. The minimum Gasteiger partial charge on any atom is -0.398 e. The van der Waals surface area contributed by atoms with E-state index >= 15 is 0 Å². The molecule has 1 aromatic carbocycles. The van der Waals surface area contributed by atoms with Gasteiger partial charge in [-0.3, -0.25) is 0 Å². The lowest BCUT2D eigenvalue weighted by molar-refractivity contribution is 0.469. The number of hydrogen-bond donors (Lipinski definition) is 1. The molecule has 20 heavy (non-hydrogen) atoms. The van der Waals surface area contributed by atoms with Crippen molar-refractivity contribution in [2.45, 2.75) is 24.8 Å². The zero-order valence-electron chi connectivity index (χ0n) is 11.5. The van der Waals surface area contributed by atoms with Crippen molar-refractivity contribution < 1.29 is 8.42 Å². The summed E-state index contributed by atoms with van der Waals surface area (Å²) in [5, 5.41) is 1.93. The van der Waals surface area contributed by atoms with Gasteiger partial charge in [-0.2, -0.15) is 4.31 Å². The molecule has 0 atom stereocenters. The van der Waals surface area contributed by atoms with Gasteiger partial charge in [-0.05, 0) is 35.6 Å². The van der Waals surface area contributed by atoms with Gasteiger partial charge >= 0.3 is 0 Å². The first-order chi connectivity index (χ1) is 9.45. The van der Waals surface area contributed by atoms with Crippen LogP contribution in [0.5, 0.6) is 0 Å². The largest absolute Gasteiger partial charge is 0.398 e. The standard InChI is InChI=1S/C14H18N2O2S2/c1-3-11-6-7-13(9-14(11)15)20(17,18)16(2)10-12-5-4-8-19-12/h4-9H,3,10,15H2,1-2H3. The van der Waals surface area contributed by atoms with Crippen LogP contribution in [0.15, 0.2) is 40.6 Å². The quantitative estimate of drug-likeness (QED) is 0.864. The predicted molar refractivity (Wildman–Crippen MR) is 83.2 cm³/mol. The van der Waals surface area contributed by atoms with Crippen LogP contribution in [0.3, 0.4) is 0 Å². The van der Waals surface area contributed by atoms with E-state index in [0.29, 0.717) is 12.2 Å². The average Bonchev–Trinajstić information content (AvgIpc) is 2.91. The third-order valence-corrected chi connectivity index (χ3v) is 5.83. The van der Waals surface area contributed by atoms with Crippen molar-refractivity contribution >= 4 is 27.0 Å². The first-order valence-electron chi connectivity index (χ1n) is 6.32. The molecule has 1 aromatic heterocycles.